The van der Waals surface area contributed by atoms with Crippen molar-refractivity contribution in [3.05, 3.63) is 0 Å². The minimum Gasteiger partial charge on any atom is -0.381 e. The third kappa shape index (κ3) is 7.30. The van der Waals surface area contributed by atoms with Gasteiger partial charge in [0.2, 0.25) is 0 Å². The van der Waals surface area contributed by atoms with Crippen molar-refractivity contribution in [1.29, 1.82) is 0 Å². The molecule has 1 saturated carbocycles. The van der Waals surface area contributed by atoms with Gasteiger partial charge in [-0.2, -0.15) is 0 Å². The lowest BCUT2D eigenvalue weighted by atomic mass is 10.4. The van der Waals surface area contributed by atoms with Crippen LogP contribution in [0.5, 0.6) is 0 Å². The monoisotopic (exact) mass is 200 g/mol. The zero-order valence-corrected chi connectivity index (χ0v) is 9.59. The number of nitrogens with zero attached hydrogens (tertiary/aromatic N) is 1. The molecule has 1 aliphatic rings. The Morgan fingerprint density at radius 1 is 1.21 bits per heavy atom. The summed E-state index contributed by atoms with van der Waals surface area (Å²) >= 11 is 0. The average Bonchev–Trinajstić information content (AvgIpc) is 2.92. The van der Waals surface area contributed by atoms with E-state index in [1.54, 1.807) is 0 Å². The smallest absolute Gasteiger partial charge is 0.0478 e. The van der Waals surface area contributed by atoms with E-state index < -0.39 is 0 Å². The molecule has 0 radical (unpaired) electrons. The Hall–Kier alpha value is -0.120. The Morgan fingerprint density at radius 2 is 1.93 bits per heavy atom. The second-order valence-corrected chi connectivity index (χ2v) is 4.35. The van der Waals surface area contributed by atoms with Gasteiger partial charge >= 0.3 is 0 Å². The van der Waals surface area contributed by atoms with E-state index in [1.165, 1.54) is 12.8 Å². The van der Waals surface area contributed by atoms with E-state index in [9.17, 15) is 0 Å². The summed E-state index contributed by atoms with van der Waals surface area (Å²) in [6, 6.07) is 0.837. The lowest BCUT2D eigenvalue weighted by molar-refractivity contribution is 0.123. The van der Waals surface area contributed by atoms with E-state index in [1.807, 2.05) is 0 Å². The first kappa shape index (κ1) is 12.0. The van der Waals surface area contributed by atoms with Crippen molar-refractivity contribution in [3.63, 3.8) is 0 Å². The molecule has 0 aromatic heterocycles. The fourth-order valence-corrected chi connectivity index (χ4v) is 1.35. The van der Waals surface area contributed by atoms with E-state index >= 15 is 0 Å². The number of nitrogens with one attached hydrogen (secondary N) is 1. The molecule has 3 nitrogen and oxygen atoms in total. The first-order valence-corrected chi connectivity index (χ1v) is 5.75. The Morgan fingerprint density at radius 3 is 2.57 bits per heavy atom. The van der Waals surface area contributed by atoms with Crippen LogP contribution < -0.4 is 5.32 Å². The zero-order valence-electron chi connectivity index (χ0n) is 9.59. The second kappa shape index (κ2) is 7.21. The van der Waals surface area contributed by atoms with E-state index in [0.29, 0.717) is 0 Å². The summed E-state index contributed by atoms with van der Waals surface area (Å²) in [7, 11) is 4.19. The van der Waals surface area contributed by atoms with Crippen molar-refractivity contribution in [2.75, 3.05) is 40.4 Å². The molecular formula is C11H24N2O. The number of ether oxygens (including phenoxy) is 1. The number of rotatable bonds is 9. The lowest BCUT2D eigenvalue weighted by Crippen LogP contribution is -2.19. The molecule has 1 rings (SSSR count). The molecule has 0 spiro atoms. The largest absolute Gasteiger partial charge is 0.381 e. The third-order valence-corrected chi connectivity index (χ3v) is 2.37. The Bertz CT molecular complexity index is 127. The molecule has 1 aliphatic carbocycles. The van der Waals surface area contributed by atoms with Gasteiger partial charge in [0.05, 0.1) is 0 Å². The highest BCUT2D eigenvalue weighted by molar-refractivity contribution is 4.80. The van der Waals surface area contributed by atoms with Gasteiger partial charge in [0.1, 0.15) is 0 Å². The lowest BCUT2D eigenvalue weighted by Gasteiger charge is -2.09. The van der Waals surface area contributed by atoms with Gasteiger partial charge in [0, 0.05) is 19.3 Å². The van der Waals surface area contributed by atoms with Crippen LogP contribution in [0.3, 0.4) is 0 Å². The quantitative estimate of drug-likeness (QED) is 0.564. The fraction of sp³-hybridized carbons (Fsp3) is 1.00. The van der Waals surface area contributed by atoms with Crippen molar-refractivity contribution in [1.82, 2.24) is 10.2 Å². The molecule has 0 aromatic rings. The molecule has 14 heavy (non-hydrogen) atoms. The van der Waals surface area contributed by atoms with Gasteiger partial charge in [-0.3, -0.25) is 0 Å². The maximum absolute atomic E-state index is 5.52. The molecular weight excluding hydrogens is 176 g/mol. The Kier molecular flexibility index (Phi) is 6.15. The summed E-state index contributed by atoms with van der Waals surface area (Å²) in [6.07, 6.45) is 5.05. The van der Waals surface area contributed by atoms with Gasteiger partial charge in [-0.05, 0) is 52.9 Å². The van der Waals surface area contributed by atoms with Gasteiger partial charge in [-0.1, -0.05) is 0 Å². The SMILES string of the molecule is CN(C)CCCOCCCNC1CC1. The average molecular weight is 200 g/mol. The summed E-state index contributed by atoms with van der Waals surface area (Å²) in [5.74, 6) is 0. The predicted molar refractivity (Wildman–Crippen MR) is 59.6 cm³/mol. The van der Waals surface area contributed by atoms with Crippen LogP contribution in [0.1, 0.15) is 25.7 Å². The van der Waals surface area contributed by atoms with Crippen molar-refractivity contribution in [3.8, 4) is 0 Å². The van der Waals surface area contributed by atoms with Gasteiger partial charge < -0.3 is 15.0 Å². The molecule has 0 amide bonds. The van der Waals surface area contributed by atoms with E-state index in [-0.39, 0.29) is 0 Å². The molecule has 0 aliphatic heterocycles. The van der Waals surface area contributed by atoms with Crippen LogP contribution in [0, 0.1) is 0 Å². The maximum Gasteiger partial charge on any atom is 0.0478 e. The molecule has 0 unspecified atom stereocenters. The molecule has 0 bridgehead atoms. The molecule has 0 saturated heterocycles. The Balaban J connectivity index is 1.66. The summed E-state index contributed by atoms with van der Waals surface area (Å²) < 4.78 is 5.52. The van der Waals surface area contributed by atoms with Crippen molar-refractivity contribution in [2.24, 2.45) is 0 Å². The molecule has 0 atom stereocenters. The Labute approximate surface area is 87.8 Å². The van der Waals surface area contributed by atoms with Crippen molar-refractivity contribution < 1.29 is 4.74 Å². The standard InChI is InChI=1S/C11H24N2O/c1-13(2)8-4-10-14-9-3-7-12-11-5-6-11/h11-12H,3-10H2,1-2H3. The summed E-state index contributed by atoms with van der Waals surface area (Å²) in [5.41, 5.74) is 0. The predicted octanol–water partition coefficient (Wildman–Crippen LogP) is 1.10. The van der Waals surface area contributed by atoms with Crippen LogP contribution in [-0.2, 0) is 4.74 Å². The molecule has 1 N–H and O–H groups in total. The summed E-state index contributed by atoms with van der Waals surface area (Å²) in [5, 5.41) is 3.48. The van der Waals surface area contributed by atoms with Crippen LogP contribution in [0.2, 0.25) is 0 Å². The zero-order chi connectivity index (χ0) is 10.2. The van der Waals surface area contributed by atoms with Gasteiger partial charge in [-0.15, -0.1) is 0 Å². The first-order valence-electron chi connectivity index (χ1n) is 5.75. The molecule has 3 heteroatoms. The number of hydrogen-bond donors (Lipinski definition) is 1. The van der Waals surface area contributed by atoms with E-state index in [0.717, 1.165) is 45.2 Å². The highest BCUT2D eigenvalue weighted by Crippen LogP contribution is 2.18. The van der Waals surface area contributed by atoms with Gasteiger partial charge in [0.25, 0.3) is 0 Å². The minimum absolute atomic E-state index is 0.837. The van der Waals surface area contributed by atoms with Crippen LogP contribution in [0.15, 0.2) is 0 Å². The van der Waals surface area contributed by atoms with Crippen LogP contribution in [0.25, 0.3) is 0 Å². The minimum atomic E-state index is 0.837. The fourth-order valence-electron chi connectivity index (χ4n) is 1.35. The van der Waals surface area contributed by atoms with Crippen LogP contribution >= 0.6 is 0 Å². The summed E-state index contributed by atoms with van der Waals surface area (Å²) in [4.78, 5) is 2.19. The molecule has 1 fully saturated rings. The maximum atomic E-state index is 5.52. The van der Waals surface area contributed by atoms with Crippen LogP contribution in [-0.4, -0.2) is 51.3 Å². The molecule has 84 valence electrons. The summed E-state index contributed by atoms with van der Waals surface area (Å²) in [6.45, 7) is 4.06. The first-order chi connectivity index (χ1) is 6.79. The molecule has 0 heterocycles. The molecule has 0 aromatic carbocycles. The number of hydrogen-bond acceptors (Lipinski definition) is 3. The van der Waals surface area contributed by atoms with Crippen LogP contribution in [0.4, 0.5) is 0 Å². The van der Waals surface area contributed by atoms with E-state index in [2.05, 4.69) is 24.3 Å². The third-order valence-electron chi connectivity index (χ3n) is 2.37. The van der Waals surface area contributed by atoms with Gasteiger partial charge in [-0.25, -0.2) is 0 Å². The topological polar surface area (TPSA) is 24.5 Å². The highest BCUT2D eigenvalue weighted by atomic mass is 16.5. The van der Waals surface area contributed by atoms with Gasteiger partial charge in [0.15, 0.2) is 0 Å². The van der Waals surface area contributed by atoms with Crippen molar-refractivity contribution >= 4 is 0 Å². The normalized spacial score (nSPS) is 16.5. The second-order valence-electron chi connectivity index (χ2n) is 4.35. The van der Waals surface area contributed by atoms with Crippen molar-refractivity contribution in [2.45, 2.75) is 31.7 Å². The highest BCUT2D eigenvalue weighted by Gasteiger charge is 2.19. The van der Waals surface area contributed by atoms with E-state index in [4.69, 9.17) is 4.74 Å².